The van der Waals surface area contributed by atoms with Crippen molar-refractivity contribution in [3.63, 3.8) is 0 Å². The van der Waals surface area contributed by atoms with Gasteiger partial charge in [-0.15, -0.1) is 15.0 Å². The second-order valence-electron chi connectivity index (χ2n) is 6.96. The van der Waals surface area contributed by atoms with Crippen molar-refractivity contribution >= 4 is 22.6 Å². The summed E-state index contributed by atoms with van der Waals surface area (Å²) in [5.41, 5.74) is 4.83. The first-order chi connectivity index (χ1) is 14.6. The molecule has 7 heteroatoms. The van der Waals surface area contributed by atoms with Crippen LogP contribution >= 0.6 is 0 Å². The highest BCUT2D eigenvalue weighted by Gasteiger charge is 2.13. The van der Waals surface area contributed by atoms with Gasteiger partial charge in [0.1, 0.15) is 22.5 Å². The average Bonchev–Trinajstić information content (AvgIpc) is 3.17. The SMILES string of the molecule is Cc1cccc(NC(=O)COc2ccc(CCO)cc2-n2nc3ccccc3n2)c1. The molecule has 3 aromatic carbocycles. The molecule has 0 spiro atoms. The molecule has 0 atom stereocenters. The van der Waals surface area contributed by atoms with Crippen molar-refractivity contribution in [2.45, 2.75) is 13.3 Å². The highest BCUT2D eigenvalue weighted by atomic mass is 16.5. The summed E-state index contributed by atoms with van der Waals surface area (Å²) in [7, 11) is 0. The Labute approximate surface area is 173 Å². The van der Waals surface area contributed by atoms with Gasteiger partial charge in [-0.05, 0) is 60.9 Å². The van der Waals surface area contributed by atoms with Crippen molar-refractivity contribution in [2.75, 3.05) is 18.5 Å². The Balaban J connectivity index is 1.57. The van der Waals surface area contributed by atoms with Crippen molar-refractivity contribution in [2.24, 2.45) is 0 Å². The van der Waals surface area contributed by atoms with E-state index in [1.807, 2.05) is 67.6 Å². The number of aliphatic hydroxyl groups is 1. The molecule has 0 aliphatic heterocycles. The van der Waals surface area contributed by atoms with Crippen LogP contribution in [0.25, 0.3) is 16.7 Å². The quantitative estimate of drug-likeness (QED) is 0.495. The molecule has 1 heterocycles. The Morgan fingerprint density at radius 3 is 2.50 bits per heavy atom. The first-order valence-corrected chi connectivity index (χ1v) is 9.68. The van der Waals surface area contributed by atoms with Crippen molar-refractivity contribution in [1.82, 2.24) is 15.0 Å². The third-order valence-electron chi connectivity index (χ3n) is 4.59. The van der Waals surface area contributed by atoms with Gasteiger partial charge < -0.3 is 15.2 Å². The number of benzene rings is 3. The van der Waals surface area contributed by atoms with Crippen LogP contribution in [0, 0.1) is 6.92 Å². The summed E-state index contributed by atoms with van der Waals surface area (Å²) in [5, 5.41) is 21.1. The number of aromatic nitrogens is 3. The topological polar surface area (TPSA) is 89.3 Å². The summed E-state index contributed by atoms with van der Waals surface area (Å²) in [6.07, 6.45) is 0.502. The molecule has 2 N–H and O–H groups in total. The number of nitrogens with one attached hydrogen (secondary N) is 1. The standard InChI is InChI=1S/C23H22N4O3/c1-16-5-4-6-18(13-16)24-23(29)15-30-22-10-9-17(11-12-28)14-21(22)27-25-19-7-2-3-8-20(19)26-27/h2-10,13-14,28H,11-12,15H2,1H3,(H,24,29). The zero-order chi connectivity index (χ0) is 20.9. The van der Waals surface area contributed by atoms with Crippen LogP contribution in [0.2, 0.25) is 0 Å². The van der Waals surface area contributed by atoms with Gasteiger partial charge in [0.05, 0.1) is 0 Å². The third kappa shape index (κ3) is 4.47. The van der Waals surface area contributed by atoms with Crippen LogP contribution in [0.4, 0.5) is 5.69 Å². The van der Waals surface area contributed by atoms with E-state index in [9.17, 15) is 9.90 Å². The molecule has 7 nitrogen and oxygen atoms in total. The number of ether oxygens (including phenoxy) is 1. The van der Waals surface area contributed by atoms with Crippen LogP contribution in [-0.4, -0.2) is 39.2 Å². The highest BCUT2D eigenvalue weighted by molar-refractivity contribution is 5.92. The second kappa shape index (κ2) is 8.75. The largest absolute Gasteiger partial charge is 0.481 e. The number of nitrogens with zero attached hydrogens (tertiary/aromatic N) is 3. The molecule has 0 fully saturated rings. The Morgan fingerprint density at radius 1 is 1.03 bits per heavy atom. The van der Waals surface area contributed by atoms with Gasteiger partial charge in [-0.25, -0.2) is 0 Å². The molecule has 30 heavy (non-hydrogen) atoms. The lowest BCUT2D eigenvalue weighted by Gasteiger charge is -2.12. The first-order valence-electron chi connectivity index (χ1n) is 9.68. The molecular weight excluding hydrogens is 380 g/mol. The van der Waals surface area contributed by atoms with E-state index in [0.717, 1.165) is 27.8 Å². The number of hydrogen-bond donors (Lipinski definition) is 2. The summed E-state index contributed by atoms with van der Waals surface area (Å²) in [6.45, 7) is 1.85. The highest BCUT2D eigenvalue weighted by Crippen LogP contribution is 2.25. The summed E-state index contributed by atoms with van der Waals surface area (Å²) < 4.78 is 5.81. The zero-order valence-corrected chi connectivity index (χ0v) is 16.6. The molecular formula is C23H22N4O3. The molecule has 0 saturated heterocycles. The maximum atomic E-state index is 12.3. The maximum Gasteiger partial charge on any atom is 0.262 e. The zero-order valence-electron chi connectivity index (χ0n) is 16.6. The van der Waals surface area contributed by atoms with E-state index in [1.54, 1.807) is 6.07 Å². The van der Waals surface area contributed by atoms with Crippen LogP contribution in [-0.2, 0) is 11.2 Å². The Morgan fingerprint density at radius 2 is 1.80 bits per heavy atom. The minimum atomic E-state index is -0.260. The van der Waals surface area contributed by atoms with Gasteiger partial charge in [0.2, 0.25) is 0 Å². The molecule has 1 amide bonds. The summed E-state index contributed by atoms with van der Waals surface area (Å²) in [4.78, 5) is 13.8. The van der Waals surface area contributed by atoms with E-state index in [-0.39, 0.29) is 19.1 Å². The lowest BCUT2D eigenvalue weighted by molar-refractivity contribution is -0.118. The normalized spacial score (nSPS) is 10.9. The smallest absolute Gasteiger partial charge is 0.262 e. The van der Waals surface area contributed by atoms with Crippen molar-refractivity contribution in [1.29, 1.82) is 0 Å². The summed E-state index contributed by atoms with van der Waals surface area (Å²) >= 11 is 0. The molecule has 0 bridgehead atoms. The van der Waals surface area contributed by atoms with Crippen molar-refractivity contribution in [3.05, 3.63) is 77.9 Å². The van der Waals surface area contributed by atoms with Gasteiger partial charge in [-0.3, -0.25) is 4.79 Å². The number of carbonyl (C=O) groups is 1. The number of aliphatic hydroxyl groups excluding tert-OH is 1. The molecule has 1 aromatic heterocycles. The van der Waals surface area contributed by atoms with Gasteiger partial charge in [0, 0.05) is 12.3 Å². The predicted octanol–water partition coefficient (Wildman–Crippen LogP) is 3.28. The van der Waals surface area contributed by atoms with E-state index in [4.69, 9.17) is 4.74 Å². The number of fused-ring (bicyclic) bond motifs is 1. The van der Waals surface area contributed by atoms with Crippen LogP contribution in [0.1, 0.15) is 11.1 Å². The molecule has 0 radical (unpaired) electrons. The van der Waals surface area contributed by atoms with Gasteiger partial charge in [-0.2, -0.15) is 0 Å². The maximum absolute atomic E-state index is 12.3. The van der Waals surface area contributed by atoms with Gasteiger partial charge in [0.25, 0.3) is 5.91 Å². The van der Waals surface area contributed by atoms with Gasteiger partial charge >= 0.3 is 0 Å². The van der Waals surface area contributed by atoms with E-state index in [2.05, 4.69) is 15.5 Å². The van der Waals surface area contributed by atoms with Crippen LogP contribution in [0.3, 0.4) is 0 Å². The number of rotatable bonds is 7. The van der Waals surface area contributed by atoms with Gasteiger partial charge in [-0.1, -0.05) is 30.3 Å². The monoisotopic (exact) mass is 402 g/mol. The van der Waals surface area contributed by atoms with E-state index in [0.29, 0.717) is 17.9 Å². The molecule has 0 saturated carbocycles. The Hall–Kier alpha value is -3.71. The Kier molecular flexibility index (Phi) is 5.72. The van der Waals surface area contributed by atoms with Crippen LogP contribution < -0.4 is 10.1 Å². The molecule has 4 aromatic rings. The summed E-state index contributed by atoms with van der Waals surface area (Å²) in [5.74, 6) is 0.223. The number of carbonyl (C=O) groups excluding carboxylic acids is 1. The fourth-order valence-electron chi connectivity index (χ4n) is 3.16. The molecule has 4 rings (SSSR count). The molecule has 0 aliphatic rings. The Bertz CT molecular complexity index is 1150. The molecule has 0 unspecified atom stereocenters. The fraction of sp³-hybridized carbons (Fsp3) is 0.174. The number of hydrogen-bond acceptors (Lipinski definition) is 5. The first kappa shape index (κ1) is 19.6. The molecule has 0 aliphatic carbocycles. The van der Waals surface area contributed by atoms with Crippen molar-refractivity contribution in [3.8, 4) is 11.4 Å². The summed E-state index contributed by atoms with van der Waals surface area (Å²) in [6, 6.07) is 20.6. The molecule has 152 valence electrons. The van der Waals surface area contributed by atoms with Crippen LogP contribution in [0.15, 0.2) is 66.7 Å². The lowest BCUT2D eigenvalue weighted by atomic mass is 10.1. The minimum Gasteiger partial charge on any atom is -0.481 e. The number of aryl methyl sites for hydroxylation is 1. The third-order valence-corrected chi connectivity index (χ3v) is 4.59. The average molecular weight is 402 g/mol. The lowest BCUT2D eigenvalue weighted by Crippen LogP contribution is -2.20. The second-order valence-corrected chi connectivity index (χ2v) is 6.96. The number of amides is 1. The predicted molar refractivity (Wildman–Crippen MR) is 115 cm³/mol. The van der Waals surface area contributed by atoms with E-state index >= 15 is 0 Å². The van der Waals surface area contributed by atoms with Crippen LogP contribution in [0.5, 0.6) is 5.75 Å². The van der Waals surface area contributed by atoms with E-state index in [1.165, 1.54) is 4.80 Å². The fourth-order valence-corrected chi connectivity index (χ4v) is 3.16. The minimum absolute atomic E-state index is 0.0348. The van der Waals surface area contributed by atoms with E-state index < -0.39 is 0 Å². The number of anilines is 1. The van der Waals surface area contributed by atoms with Gasteiger partial charge in [0.15, 0.2) is 6.61 Å². The van der Waals surface area contributed by atoms with Crippen molar-refractivity contribution < 1.29 is 14.6 Å².